The van der Waals surface area contributed by atoms with E-state index in [-0.39, 0.29) is 11.8 Å². The van der Waals surface area contributed by atoms with Crippen molar-refractivity contribution >= 4 is 17.5 Å². The summed E-state index contributed by atoms with van der Waals surface area (Å²) in [6.45, 7) is 5.19. The summed E-state index contributed by atoms with van der Waals surface area (Å²) in [5, 5.41) is 7.21. The molecule has 0 unspecified atom stereocenters. The normalized spacial score (nSPS) is 14.0. The summed E-state index contributed by atoms with van der Waals surface area (Å²) in [4.78, 5) is 32.1. The highest BCUT2D eigenvalue weighted by Crippen LogP contribution is 2.31. The summed E-state index contributed by atoms with van der Waals surface area (Å²) in [6, 6.07) is 17.6. The lowest BCUT2D eigenvalue weighted by Crippen LogP contribution is -2.38. The maximum atomic E-state index is 13.3. The van der Waals surface area contributed by atoms with Crippen molar-refractivity contribution in [2.24, 2.45) is 7.05 Å². The molecule has 5 rings (SSSR count). The summed E-state index contributed by atoms with van der Waals surface area (Å²) < 4.78 is 1.81. The van der Waals surface area contributed by atoms with E-state index >= 15 is 0 Å². The van der Waals surface area contributed by atoms with Crippen LogP contribution in [0.15, 0.2) is 73.2 Å². The van der Waals surface area contributed by atoms with Gasteiger partial charge in [-0.05, 0) is 73.6 Å². The molecule has 1 saturated heterocycles. The molecule has 2 amide bonds. The van der Waals surface area contributed by atoms with Crippen molar-refractivity contribution in [2.75, 3.05) is 18.4 Å². The fourth-order valence-corrected chi connectivity index (χ4v) is 4.89. The highest BCUT2D eigenvalue weighted by atomic mass is 16.2. The van der Waals surface area contributed by atoms with Gasteiger partial charge in [0.1, 0.15) is 0 Å². The molecule has 188 valence electrons. The second-order valence-corrected chi connectivity index (χ2v) is 9.76. The van der Waals surface area contributed by atoms with Crippen molar-refractivity contribution in [3.8, 4) is 11.1 Å². The van der Waals surface area contributed by atoms with Crippen LogP contribution in [-0.4, -0.2) is 44.6 Å². The van der Waals surface area contributed by atoms with Gasteiger partial charge < -0.3 is 10.2 Å². The van der Waals surface area contributed by atoms with Gasteiger partial charge in [0, 0.05) is 60.6 Å². The minimum atomic E-state index is -0.214. The first kappa shape index (κ1) is 24.4. The van der Waals surface area contributed by atoms with E-state index in [4.69, 9.17) is 0 Å². The Morgan fingerprint density at radius 2 is 1.68 bits per heavy atom. The van der Waals surface area contributed by atoms with Crippen LogP contribution in [0.1, 0.15) is 56.3 Å². The molecule has 2 aromatic heterocycles. The topological polar surface area (TPSA) is 80.1 Å². The minimum Gasteiger partial charge on any atom is -0.339 e. The number of aromatic nitrogens is 3. The summed E-state index contributed by atoms with van der Waals surface area (Å²) >= 11 is 0. The minimum absolute atomic E-state index is 0.000583. The number of piperidine rings is 1. The number of aryl methyl sites for hydroxylation is 3. The fraction of sp³-hybridized carbons (Fsp3) is 0.267. The lowest BCUT2D eigenvalue weighted by atomic mass is 9.88. The number of likely N-dealkylation sites (tertiary alicyclic amines) is 1. The number of anilines is 1. The van der Waals surface area contributed by atoms with Gasteiger partial charge in [-0.3, -0.25) is 19.3 Å². The number of hydrogen-bond acceptors (Lipinski definition) is 4. The molecule has 7 nitrogen and oxygen atoms in total. The summed E-state index contributed by atoms with van der Waals surface area (Å²) in [6.07, 6.45) is 7.36. The van der Waals surface area contributed by atoms with E-state index in [9.17, 15) is 9.59 Å². The van der Waals surface area contributed by atoms with Gasteiger partial charge in [0.05, 0.1) is 6.20 Å². The molecule has 0 spiro atoms. The Bertz CT molecular complexity index is 1430. The number of amides is 2. The Balaban J connectivity index is 1.22. The summed E-state index contributed by atoms with van der Waals surface area (Å²) in [7, 11) is 1.92. The lowest BCUT2D eigenvalue weighted by Gasteiger charge is -2.32. The molecule has 1 fully saturated rings. The highest BCUT2D eigenvalue weighted by Gasteiger charge is 2.25. The number of rotatable bonds is 5. The first-order chi connectivity index (χ1) is 17.9. The Hall–Kier alpha value is -4.26. The second-order valence-electron chi connectivity index (χ2n) is 9.76. The average Bonchev–Trinajstić information content (AvgIpc) is 3.36. The van der Waals surface area contributed by atoms with Crippen molar-refractivity contribution < 1.29 is 9.59 Å². The van der Waals surface area contributed by atoms with Crippen molar-refractivity contribution in [3.63, 3.8) is 0 Å². The van der Waals surface area contributed by atoms with Crippen LogP contribution in [0.5, 0.6) is 0 Å². The van der Waals surface area contributed by atoms with Crippen LogP contribution in [0, 0.1) is 13.8 Å². The molecule has 4 aromatic rings. The van der Waals surface area contributed by atoms with Gasteiger partial charge in [-0.25, -0.2) is 0 Å². The molecule has 37 heavy (non-hydrogen) atoms. The second kappa shape index (κ2) is 10.4. The standard InChI is InChI=1S/C30H31N5O2/c1-20-4-5-26(17-28(20)33-29(36)25-10-13-31-21(2)16-25)30(37)35-14-11-24(12-15-35)22-6-8-23(9-7-22)27-18-32-34(3)19-27/h4-10,13,16-19,24H,11-12,14-15H2,1-3H3,(H,33,36). The van der Waals surface area contributed by atoms with Crippen LogP contribution in [0.3, 0.4) is 0 Å². The maximum absolute atomic E-state index is 13.3. The molecule has 0 atom stereocenters. The number of nitrogens with zero attached hydrogens (tertiary/aromatic N) is 4. The first-order valence-electron chi connectivity index (χ1n) is 12.6. The van der Waals surface area contributed by atoms with Crippen molar-refractivity contribution in [2.45, 2.75) is 32.6 Å². The Labute approximate surface area is 217 Å². The van der Waals surface area contributed by atoms with E-state index in [1.54, 1.807) is 24.4 Å². The maximum Gasteiger partial charge on any atom is 0.255 e. The van der Waals surface area contributed by atoms with Gasteiger partial charge in [-0.15, -0.1) is 0 Å². The Morgan fingerprint density at radius 1 is 0.919 bits per heavy atom. The van der Waals surface area contributed by atoms with E-state index in [1.165, 1.54) is 5.56 Å². The molecular weight excluding hydrogens is 462 g/mol. The Morgan fingerprint density at radius 3 is 2.35 bits per heavy atom. The lowest BCUT2D eigenvalue weighted by molar-refractivity contribution is 0.0712. The highest BCUT2D eigenvalue weighted by molar-refractivity contribution is 6.05. The van der Waals surface area contributed by atoms with Crippen LogP contribution in [0.2, 0.25) is 0 Å². The average molecular weight is 494 g/mol. The zero-order valence-electron chi connectivity index (χ0n) is 21.4. The predicted molar refractivity (Wildman–Crippen MR) is 145 cm³/mol. The molecular formula is C30H31N5O2. The van der Waals surface area contributed by atoms with Gasteiger partial charge >= 0.3 is 0 Å². The van der Waals surface area contributed by atoms with Crippen molar-refractivity contribution in [1.82, 2.24) is 19.7 Å². The molecule has 2 aromatic carbocycles. The van der Waals surface area contributed by atoms with Crippen molar-refractivity contribution in [3.05, 3.63) is 101 Å². The number of pyridine rings is 1. The van der Waals surface area contributed by atoms with Crippen LogP contribution in [0.25, 0.3) is 11.1 Å². The molecule has 3 heterocycles. The smallest absolute Gasteiger partial charge is 0.255 e. The fourth-order valence-electron chi connectivity index (χ4n) is 4.89. The van der Waals surface area contributed by atoms with Crippen molar-refractivity contribution in [1.29, 1.82) is 0 Å². The number of hydrogen-bond donors (Lipinski definition) is 1. The molecule has 0 saturated carbocycles. The monoisotopic (exact) mass is 493 g/mol. The third-order valence-corrected chi connectivity index (χ3v) is 7.09. The molecule has 0 bridgehead atoms. The van der Waals surface area contributed by atoms with E-state index < -0.39 is 0 Å². The van der Waals surface area contributed by atoms with E-state index in [2.05, 4.69) is 39.7 Å². The van der Waals surface area contributed by atoms with E-state index in [0.717, 1.165) is 35.2 Å². The van der Waals surface area contributed by atoms with Gasteiger partial charge in [0.15, 0.2) is 0 Å². The van der Waals surface area contributed by atoms with Gasteiger partial charge in [-0.2, -0.15) is 5.10 Å². The van der Waals surface area contributed by atoms with E-state index in [0.29, 0.717) is 35.8 Å². The predicted octanol–water partition coefficient (Wildman–Crippen LogP) is 5.37. The molecule has 1 aliphatic heterocycles. The van der Waals surface area contributed by atoms with Crippen LogP contribution < -0.4 is 5.32 Å². The van der Waals surface area contributed by atoms with Gasteiger partial charge in [-0.1, -0.05) is 30.3 Å². The van der Waals surface area contributed by atoms with Crippen LogP contribution in [-0.2, 0) is 7.05 Å². The van der Waals surface area contributed by atoms with Gasteiger partial charge in [0.2, 0.25) is 0 Å². The van der Waals surface area contributed by atoms with E-state index in [1.807, 2.05) is 55.0 Å². The number of carbonyl (C=O) groups excluding carboxylic acids is 2. The van der Waals surface area contributed by atoms with Crippen LogP contribution in [0.4, 0.5) is 5.69 Å². The number of carbonyl (C=O) groups is 2. The molecule has 0 radical (unpaired) electrons. The number of nitrogens with one attached hydrogen (secondary N) is 1. The summed E-state index contributed by atoms with van der Waals surface area (Å²) in [5.41, 5.74) is 7.04. The Kier molecular flexibility index (Phi) is 6.86. The number of benzene rings is 2. The zero-order chi connectivity index (χ0) is 25.9. The first-order valence-corrected chi connectivity index (χ1v) is 12.6. The molecule has 7 heteroatoms. The largest absolute Gasteiger partial charge is 0.339 e. The van der Waals surface area contributed by atoms with Gasteiger partial charge in [0.25, 0.3) is 11.8 Å². The third kappa shape index (κ3) is 5.45. The molecule has 1 aliphatic rings. The van der Waals surface area contributed by atoms with Crippen LogP contribution >= 0.6 is 0 Å². The quantitative estimate of drug-likeness (QED) is 0.405. The SMILES string of the molecule is Cc1cc(C(=O)Nc2cc(C(=O)N3CCC(c4ccc(-c5cnn(C)c5)cc4)CC3)ccc2C)ccn1. The summed E-state index contributed by atoms with van der Waals surface area (Å²) in [5.74, 6) is 0.220. The molecule has 1 N–H and O–H groups in total. The zero-order valence-corrected chi connectivity index (χ0v) is 21.4. The molecule has 0 aliphatic carbocycles. The third-order valence-electron chi connectivity index (χ3n) is 7.09.